The molecule has 0 saturated carbocycles. The van der Waals surface area contributed by atoms with E-state index in [4.69, 9.17) is 0 Å². The molecular formula is C14H18Cl3V. The fourth-order valence-corrected chi connectivity index (χ4v) is 5.30. The molecule has 0 bridgehead atoms. The number of hydrogen-bond acceptors (Lipinski definition) is 0. The van der Waals surface area contributed by atoms with E-state index in [1.165, 1.54) is 11.1 Å². The third kappa shape index (κ3) is 4.83. The average molecular weight is 344 g/mol. The number of rotatable bonds is 2. The summed E-state index contributed by atoms with van der Waals surface area (Å²) in [6.07, 6.45) is 14.1. The smallest absolute Gasteiger partial charge is 1.00 e. The molecule has 0 saturated heterocycles. The van der Waals surface area contributed by atoms with Gasteiger partial charge in [-0.05, 0) is 0 Å². The van der Waals surface area contributed by atoms with Gasteiger partial charge in [0, 0.05) is 0 Å². The van der Waals surface area contributed by atoms with Gasteiger partial charge in [-0.2, -0.15) is 0 Å². The van der Waals surface area contributed by atoms with Crippen molar-refractivity contribution in [1.82, 2.24) is 0 Å². The van der Waals surface area contributed by atoms with Crippen LogP contribution in [0.4, 0.5) is 0 Å². The zero-order chi connectivity index (χ0) is 11.1. The van der Waals surface area contributed by atoms with Crippen LogP contribution in [0.25, 0.3) is 0 Å². The Hall–Kier alpha value is 0.414. The second-order valence-electron chi connectivity index (χ2n) is 5.01. The molecule has 2 rings (SSSR count). The summed E-state index contributed by atoms with van der Waals surface area (Å²) >= 11 is 0.232. The van der Waals surface area contributed by atoms with Gasteiger partial charge in [-0.25, -0.2) is 0 Å². The van der Waals surface area contributed by atoms with Gasteiger partial charge < -0.3 is 37.2 Å². The quantitative estimate of drug-likeness (QED) is 0.474. The van der Waals surface area contributed by atoms with Crippen molar-refractivity contribution in [3.8, 4) is 0 Å². The van der Waals surface area contributed by atoms with Gasteiger partial charge in [-0.1, -0.05) is 0 Å². The van der Waals surface area contributed by atoms with Crippen LogP contribution in [0.15, 0.2) is 47.6 Å². The summed E-state index contributed by atoms with van der Waals surface area (Å²) < 4.78 is 0.668. The monoisotopic (exact) mass is 342 g/mol. The maximum Gasteiger partial charge on any atom is -1.00 e. The van der Waals surface area contributed by atoms with Crippen molar-refractivity contribution in [3.05, 3.63) is 47.6 Å². The Balaban J connectivity index is 0. The summed E-state index contributed by atoms with van der Waals surface area (Å²) in [5.41, 5.74) is 2.83. The molecule has 2 atom stereocenters. The zero-order valence-corrected chi connectivity index (χ0v) is 14.7. The summed E-state index contributed by atoms with van der Waals surface area (Å²) in [5.74, 6) is 0. The van der Waals surface area contributed by atoms with Crippen LogP contribution in [-0.2, 0) is 16.3 Å². The summed E-state index contributed by atoms with van der Waals surface area (Å²) in [7, 11) is 0. The van der Waals surface area contributed by atoms with Crippen LogP contribution >= 0.6 is 0 Å². The molecule has 2 aliphatic rings. The predicted octanol–water partition coefficient (Wildman–Crippen LogP) is -4.53. The number of halogens is 3. The van der Waals surface area contributed by atoms with Crippen LogP contribution in [0.1, 0.15) is 27.7 Å². The molecule has 0 aliphatic heterocycles. The molecule has 0 heterocycles. The second-order valence-corrected chi connectivity index (χ2v) is 8.37. The third-order valence-corrected chi connectivity index (χ3v) is 5.26. The molecule has 0 N–H and O–H groups in total. The van der Waals surface area contributed by atoms with Crippen molar-refractivity contribution < 1.29 is 53.5 Å². The van der Waals surface area contributed by atoms with Crippen molar-refractivity contribution in [2.45, 2.75) is 35.9 Å². The topological polar surface area (TPSA) is 0 Å². The van der Waals surface area contributed by atoms with E-state index in [0.29, 0.717) is 8.25 Å². The van der Waals surface area contributed by atoms with Gasteiger partial charge in [-0.15, -0.1) is 0 Å². The van der Waals surface area contributed by atoms with Crippen molar-refractivity contribution in [3.63, 3.8) is 0 Å². The van der Waals surface area contributed by atoms with Crippen LogP contribution in [-0.4, -0.2) is 0 Å². The average Bonchev–Trinajstić information content (AvgIpc) is 2.57. The summed E-state index contributed by atoms with van der Waals surface area (Å²) in [6.45, 7) is 9.11. The molecular weight excluding hydrogens is 325 g/mol. The van der Waals surface area contributed by atoms with Crippen molar-refractivity contribution in [1.29, 1.82) is 0 Å². The van der Waals surface area contributed by atoms with Crippen LogP contribution in [0.3, 0.4) is 0 Å². The largest absolute Gasteiger partial charge is 1.00 e. The Labute approximate surface area is 136 Å². The molecule has 0 nitrogen and oxygen atoms in total. The van der Waals surface area contributed by atoms with E-state index in [0.717, 1.165) is 0 Å². The summed E-state index contributed by atoms with van der Waals surface area (Å²) in [5, 5.41) is 0. The maximum atomic E-state index is 2.42. The molecule has 100 valence electrons. The van der Waals surface area contributed by atoms with Gasteiger partial charge in [0.05, 0.1) is 0 Å². The maximum absolute atomic E-state index is 2.42. The fraction of sp³-hybridized carbons (Fsp3) is 0.429. The van der Waals surface area contributed by atoms with E-state index >= 15 is 0 Å². The van der Waals surface area contributed by atoms with E-state index in [1.807, 2.05) is 0 Å². The first-order valence-electron chi connectivity index (χ1n) is 5.42. The molecule has 18 heavy (non-hydrogen) atoms. The Morgan fingerprint density at radius 1 is 0.778 bits per heavy atom. The number of hydrogen-bond donors (Lipinski definition) is 0. The molecule has 0 aromatic heterocycles. The second kappa shape index (κ2) is 7.26. The Kier molecular flexibility index (Phi) is 8.36. The molecule has 0 spiro atoms. The first kappa shape index (κ1) is 20.7. The fourth-order valence-electron chi connectivity index (χ4n) is 2.37. The molecule has 0 amide bonds. The van der Waals surface area contributed by atoms with Crippen molar-refractivity contribution in [2.75, 3.05) is 0 Å². The first-order chi connectivity index (χ1) is 6.91. The SMILES string of the molecule is CC1=C[C](C)([V+3][C]2(C)C=CC(C)=C2)C=C1.[Cl-].[Cl-].[Cl-]. The standard InChI is InChI=1S/2C7H9.3ClH.V/c2*1-6-3-4-7(2)5-6;;;;/h2*3-5H,1-2H3;3*1H;/q;;;;;+3/p-3. The van der Waals surface area contributed by atoms with Crippen LogP contribution in [0.2, 0.25) is 8.25 Å². The Morgan fingerprint density at radius 3 is 1.33 bits per heavy atom. The van der Waals surface area contributed by atoms with E-state index < -0.39 is 0 Å². The minimum absolute atomic E-state index is 0. The van der Waals surface area contributed by atoms with Crippen LogP contribution in [0.5, 0.6) is 0 Å². The summed E-state index contributed by atoms with van der Waals surface area (Å²) in [4.78, 5) is 0. The minimum atomic E-state index is 0. The van der Waals surface area contributed by atoms with Crippen molar-refractivity contribution in [2.24, 2.45) is 0 Å². The van der Waals surface area contributed by atoms with E-state index in [1.54, 1.807) is 0 Å². The van der Waals surface area contributed by atoms with E-state index in [-0.39, 0.29) is 53.5 Å². The Morgan fingerprint density at radius 2 is 1.11 bits per heavy atom. The van der Waals surface area contributed by atoms with Gasteiger partial charge in [0.25, 0.3) is 0 Å². The minimum Gasteiger partial charge on any atom is -1.00 e. The van der Waals surface area contributed by atoms with Crippen LogP contribution < -0.4 is 37.2 Å². The van der Waals surface area contributed by atoms with Gasteiger partial charge in [-0.3, -0.25) is 0 Å². The molecule has 0 radical (unpaired) electrons. The molecule has 2 unspecified atom stereocenters. The first-order valence-corrected chi connectivity index (χ1v) is 6.82. The van der Waals surface area contributed by atoms with Gasteiger partial charge >= 0.3 is 99.8 Å². The van der Waals surface area contributed by atoms with Crippen LogP contribution in [0, 0.1) is 0 Å². The molecule has 4 heteroatoms. The van der Waals surface area contributed by atoms with E-state index in [9.17, 15) is 0 Å². The van der Waals surface area contributed by atoms with Gasteiger partial charge in [0.15, 0.2) is 0 Å². The normalized spacial score (nSPS) is 31.6. The zero-order valence-electron chi connectivity index (χ0n) is 11.0. The molecule has 0 aromatic rings. The Bertz CT molecular complexity index is 371. The molecule has 0 fully saturated rings. The van der Waals surface area contributed by atoms with Gasteiger partial charge in [0.2, 0.25) is 0 Å². The number of allylic oxidation sites excluding steroid dienone is 8. The predicted molar refractivity (Wildman–Crippen MR) is 62.5 cm³/mol. The third-order valence-electron chi connectivity index (χ3n) is 2.89. The summed E-state index contributed by atoms with van der Waals surface area (Å²) in [6, 6.07) is 0. The van der Waals surface area contributed by atoms with Crippen molar-refractivity contribution >= 4 is 0 Å². The molecule has 0 aromatic carbocycles. The van der Waals surface area contributed by atoms with E-state index in [2.05, 4.69) is 64.2 Å². The van der Waals surface area contributed by atoms with Gasteiger partial charge in [0.1, 0.15) is 0 Å². The molecule has 2 aliphatic carbocycles.